The van der Waals surface area contributed by atoms with Crippen LogP contribution in [0.2, 0.25) is 0 Å². The van der Waals surface area contributed by atoms with Gasteiger partial charge in [-0.1, -0.05) is 0 Å². The van der Waals surface area contributed by atoms with Crippen LogP contribution in [0.15, 0.2) is 55.0 Å². The zero-order chi connectivity index (χ0) is 11.5. The van der Waals surface area contributed by atoms with E-state index in [4.69, 9.17) is 0 Å². The SMILES string of the molecule is c1c[nH]c(Cc2ccc(-c3ccncc3)[nH]2)c1. The Bertz CT molecular complexity index is 579. The van der Waals surface area contributed by atoms with Gasteiger partial charge in [0.1, 0.15) is 0 Å². The number of hydrogen-bond acceptors (Lipinski definition) is 1. The molecule has 0 amide bonds. The number of H-pyrrole nitrogens is 2. The monoisotopic (exact) mass is 223 g/mol. The molecule has 3 nitrogen and oxygen atoms in total. The quantitative estimate of drug-likeness (QED) is 0.704. The third-order valence-electron chi connectivity index (χ3n) is 2.78. The highest BCUT2D eigenvalue weighted by molar-refractivity contribution is 5.59. The van der Waals surface area contributed by atoms with Crippen LogP contribution in [0.3, 0.4) is 0 Å². The first-order valence-corrected chi connectivity index (χ1v) is 5.62. The van der Waals surface area contributed by atoms with Gasteiger partial charge in [0.2, 0.25) is 0 Å². The molecule has 3 heterocycles. The second-order valence-corrected chi connectivity index (χ2v) is 4.01. The van der Waals surface area contributed by atoms with Crippen molar-refractivity contribution >= 4 is 0 Å². The number of nitrogens with zero attached hydrogens (tertiary/aromatic N) is 1. The molecule has 0 aliphatic heterocycles. The van der Waals surface area contributed by atoms with Gasteiger partial charge < -0.3 is 9.97 Å². The molecule has 3 rings (SSSR count). The fraction of sp³-hybridized carbons (Fsp3) is 0.0714. The fourth-order valence-corrected chi connectivity index (χ4v) is 1.93. The van der Waals surface area contributed by atoms with Gasteiger partial charge in [-0.15, -0.1) is 0 Å². The van der Waals surface area contributed by atoms with E-state index >= 15 is 0 Å². The van der Waals surface area contributed by atoms with Crippen LogP contribution in [0.5, 0.6) is 0 Å². The summed E-state index contributed by atoms with van der Waals surface area (Å²) in [4.78, 5) is 10.6. The number of nitrogens with one attached hydrogen (secondary N) is 2. The van der Waals surface area contributed by atoms with Gasteiger partial charge in [0.15, 0.2) is 0 Å². The molecular weight excluding hydrogens is 210 g/mol. The number of hydrogen-bond donors (Lipinski definition) is 2. The minimum Gasteiger partial charge on any atom is -0.365 e. The van der Waals surface area contributed by atoms with Crippen LogP contribution in [0.1, 0.15) is 11.4 Å². The normalized spacial score (nSPS) is 10.6. The Labute approximate surface area is 99.5 Å². The molecule has 0 aliphatic rings. The molecular formula is C14H13N3. The molecule has 0 saturated carbocycles. The second kappa shape index (κ2) is 4.29. The Morgan fingerprint density at radius 1 is 0.941 bits per heavy atom. The average Bonchev–Trinajstić information content (AvgIpc) is 3.02. The Balaban J connectivity index is 1.84. The predicted octanol–water partition coefficient (Wildman–Crippen LogP) is 3.00. The first-order chi connectivity index (χ1) is 8.42. The highest BCUT2D eigenvalue weighted by Crippen LogP contribution is 2.18. The van der Waals surface area contributed by atoms with Crippen LogP contribution >= 0.6 is 0 Å². The van der Waals surface area contributed by atoms with Crippen molar-refractivity contribution < 1.29 is 0 Å². The van der Waals surface area contributed by atoms with Crippen molar-refractivity contribution in [3.05, 3.63) is 66.4 Å². The summed E-state index contributed by atoms with van der Waals surface area (Å²) < 4.78 is 0. The van der Waals surface area contributed by atoms with Crippen molar-refractivity contribution in [2.45, 2.75) is 6.42 Å². The van der Waals surface area contributed by atoms with Gasteiger partial charge in [-0.2, -0.15) is 0 Å². The van der Waals surface area contributed by atoms with Crippen molar-refractivity contribution in [3.63, 3.8) is 0 Å². The summed E-state index contributed by atoms with van der Waals surface area (Å²) in [7, 11) is 0. The molecule has 0 unspecified atom stereocenters. The van der Waals surface area contributed by atoms with Crippen molar-refractivity contribution in [3.8, 4) is 11.3 Å². The second-order valence-electron chi connectivity index (χ2n) is 4.01. The van der Waals surface area contributed by atoms with Gasteiger partial charge in [-0.25, -0.2) is 0 Å². The van der Waals surface area contributed by atoms with Crippen LogP contribution in [0.4, 0.5) is 0 Å². The van der Waals surface area contributed by atoms with E-state index in [1.807, 2.05) is 24.4 Å². The number of pyridine rings is 1. The molecule has 3 aromatic heterocycles. The summed E-state index contributed by atoms with van der Waals surface area (Å²) in [5, 5.41) is 0. The highest BCUT2D eigenvalue weighted by atomic mass is 14.7. The van der Waals surface area contributed by atoms with E-state index in [1.54, 1.807) is 12.4 Å². The van der Waals surface area contributed by atoms with Gasteiger partial charge in [-0.3, -0.25) is 4.98 Å². The molecule has 0 atom stereocenters. The lowest BCUT2D eigenvalue weighted by molar-refractivity contribution is 1.05. The number of aromatic amines is 2. The molecule has 3 aromatic rings. The van der Waals surface area contributed by atoms with Gasteiger partial charge in [0.05, 0.1) is 0 Å². The average molecular weight is 223 g/mol. The van der Waals surface area contributed by atoms with E-state index in [2.05, 4.69) is 33.2 Å². The molecule has 0 fully saturated rings. The van der Waals surface area contributed by atoms with E-state index in [1.165, 1.54) is 11.4 Å². The molecule has 0 radical (unpaired) electrons. The maximum Gasteiger partial charge on any atom is 0.0457 e. The molecule has 0 saturated heterocycles. The summed E-state index contributed by atoms with van der Waals surface area (Å²) in [6.45, 7) is 0. The maximum absolute atomic E-state index is 4.02. The third kappa shape index (κ3) is 2.13. The topological polar surface area (TPSA) is 44.5 Å². The van der Waals surface area contributed by atoms with Gasteiger partial charge >= 0.3 is 0 Å². The molecule has 17 heavy (non-hydrogen) atoms. The maximum atomic E-state index is 4.02. The number of aromatic nitrogens is 3. The van der Waals surface area contributed by atoms with Crippen LogP contribution in [-0.4, -0.2) is 15.0 Å². The third-order valence-corrected chi connectivity index (χ3v) is 2.78. The molecule has 0 aromatic carbocycles. The van der Waals surface area contributed by atoms with Crippen LogP contribution in [-0.2, 0) is 6.42 Å². The van der Waals surface area contributed by atoms with Gasteiger partial charge in [-0.05, 0) is 36.4 Å². The smallest absolute Gasteiger partial charge is 0.0457 e. The van der Waals surface area contributed by atoms with E-state index in [-0.39, 0.29) is 0 Å². The summed E-state index contributed by atoms with van der Waals surface area (Å²) in [5.74, 6) is 0. The standard InChI is InChI=1S/C14H13N3/c1-2-12(16-7-1)10-13-3-4-14(17-13)11-5-8-15-9-6-11/h1-9,16-17H,10H2. The largest absolute Gasteiger partial charge is 0.365 e. The van der Waals surface area contributed by atoms with Gasteiger partial charge in [0.25, 0.3) is 0 Å². The van der Waals surface area contributed by atoms with E-state index in [0.717, 1.165) is 17.7 Å². The highest BCUT2D eigenvalue weighted by Gasteiger charge is 2.02. The Morgan fingerprint density at radius 2 is 1.82 bits per heavy atom. The zero-order valence-electron chi connectivity index (χ0n) is 9.35. The summed E-state index contributed by atoms with van der Waals surface area (Å²) in [5.41, 5.74) is 4.72. The van der Waals surface area contributed by atoms with Crippen molar-refractivity contribution in [2.24, 2.45) is 0 Å². The first-order valence-electron chi connectivity index (χ1n) is 5.62. The van der Waals surface area contributed by atoms with E-state index < -0.39 is 0 Å². The van der Waals surface area contributed by atoms with Crippen molar-refractivity contribution in [2.75, 3.05) is 0 Å². The molecule has 0 spiro atoms. The summed E-state index contributed by atoms with van der Waals surface area (Å²) in [6, 6.07) is 12.3. The van der Waals surface area contributed by atoms with Crippen molar-refractivity contribution in [1.29, 1.82) is 0 Å². The first kappa shape index (κ1) is 9.90. The van der Waals surface area contributed by atoms with Crippen molar-refractivity contribution in [1.82, 2.24) is 15.0 Å². The van der Waals surface area contributed by atoms with Gasteiger partial charge in [0, 0.05) is 47.7 Å². The van der Waals surface area contributed by atoms with E-state index in [0.29, 0.717) is 0 Å². The minimum absolute atomic E-state index is 0.901. The van der Waals surface area contributed by atoms with Crippen LogP contribution < -0.4 is 0 Å². The summed E-state index contributed by atoms with van der Waals surface area (Å²) >= 11 is 0. The Hall–Kier alpha value is -2.29. The van der Waals surface area contributed by atoms with Crippen LogP contribution in [0, 0.1) is 0 Å². The minimum atomic E-state index is 0.901. The molecule has 0 bridgehead atoms. The fourth-order valence-electron chi connectivity index (χ4n) is 1.93. The lowest BCUT2D eigenvalue weighted by Gasteiger charge is -1.97. The molecule has 2 N–H and O–H groups in total. The lowest BCUT2D eigenvalue weighted by Crippen LogP contribution is -1.88. The Morgan fingerprint density at radius 3 is 2.59 bits per heavy atom. The predicted molar refractivity (Wildman–Crippen MR) is 67.6 cm³/mol. The zero-order valence-corrected chi connectivity index (χ0v) is 9.35. The number of rotatable bonds is 3. The van der Waals surface area contributed by atoms with E-state index in [9.17, 15) is 0 Å². The molecule has 84 valence electrons. The van der Waals surface area contributed by atoms with Crippen LogP contribution in [0.25, 0.3) is 11.3 Å². The lowest BCUT2D eigenvalue weighted by atomic mass is 10.2. The Kier molecular flexibility index (Phi) is 2.50. The molecule has 3 heteroatoms. The molecule has 0 aliphatic carbocycles. The summed E-state index contributed by atoms with van der Waals surface area (Å²) in [6.07, 6.45) is 6.46.